The molecule has 2 aromatic carbocycles. The van der Waals surface area contributed by atoms with Crippen LogP contribution in [0.5, 0.6) is 17.2 Å². The Labute approximate surface area is 247 Å². The highest BCUT2D eigenvalue weighted by Crippen LogP contribution is 2.41. The van der Waals surface area contributed by atoms with E-state index in [1.54, 1.807) is 44.6 Å². The number of oxazole rings is 2. The van der Waals surface area contributed by atoms with Gasteiger partial charge in [0.2, 0.25) is 17.0 Å². The zero-order valence-corrected chi connectivity index (χ0v) is 25.0. The van der Waals surface area contributed by atoms with E-state index in [4.69, 9.17) is 23.0 Å². The maximum absolute atomic E-state index is 12.9. The highest BCUT2D eigenvalue weighted by molar-refractivity contribution is 7.85. The van der Waals surface area contributed by atoms with Crippen molar-refractivity contribution < 1.29 is 40.6 Å². The number of ether oxygens (including phenoxy) is 3. The minimum absolute atomic E-state index is 0.0726. The lowest BCUT2D eigenvalue weighted by Crippen LogP contribution is -2.34. The molecule has 0 radical (unpaired) electrons. The van der Waals surface area contributed by atoms with Crippen LogP contribution >= 0.6 is 0 Å². The van der Waals surface area contributed by atoms with E-state index in [1.807, 2.05) is 47.6 Å². The van der Waals surface area contributed by atoms with Gasteiger partial charge in [0.25, 0.3) is 15.6 Å². The molecular weight excluding hydrogens is 578 g/mol. The van der Waals surface area contributed by atoms with E-state index in [0.717, 1.165) is 11.2 Å². The molecule has 4 aromatic rings. The van der Waals surface area contributed by atoms with Crippen molar-refractivity contribution in [3.05, 3.63) is 81.6 Å². The molecule has 1 aliphatic rings. The van der Waals surface area contributed by atoms with Gasteiger partial charge in [0.1, 0.15) is 23.4 Å². The number of benzene rings is 2. The molecule has 1 N–H and O–H groups in total. The molecule has 0 amide bonds. The van der Waals surface area contributed by atoms with Crippen molar-refractivity contribution in [2.75, 3.05) is 31.4 Å². The number of fused-ring (bicyclic) bond motifs is 2. The van der Waals surface area contributed by atoms with E-state index in [9.17, 15) is 17.8 Å². The quantitative estimate of drug-likeness (QED) is 0.211. The molecule has 0 bridgehead atoms. The monoisotopic (exact) mass is 610 g/mol. The van der Waals surface area contributed by atoms with Crippen LogP contribution < -0.4 is 40.2 Å². The van der Waals surface area contributed by atoms with E-state index in [0.29, 0.717) is 47.7 Å². The lowest BCUT2D eigenvalue weighted by Gasteiger charge is -2.14. The summed E-state index contributed by atoms with van der Waals surface area (Å²) in [6.45, 7) is 4.95. The van der Waals surface area contributed by atoms with Gasteiger partial charge in [-0.05, 0) is 50.3 Å². The fraction of sp³-hybridized carbons (Fsp3) is 0.267. The number of allylic oxidation sites excluding steroid dienone is 2. The summed E-state index contributed by atoms with van der Waals surface area (Å²) in [5.41, 5.74) is 1.76. The number of methoxy groups -OCH3 is 2. The number of anilines is 1. The smallest absolute Gasteiger partial charge is 0.374 e. The van der Waals surface area contributed by atoms with E-state index < -0.39 is 21.5 Å². The number of aromatic nitrogens is 2. The van der Waals surface area contributed by atoms with Gasteiger partial charge in [-0.1, -0.05) is 0 Å². The minimum atomic E-state index is -4.33. The Hall–Kier alpha value is -4.75. The molecule has 43 heavy (non-hydrogen) atoms. The largest absolute Gasteiger partial charge is 0.497 e. The third-order valence-corrected chi connectivity index (χ3v) is 7.61. The molecule has 226 valence electrons. The van der Waals surface area contributed by atoms with E-state index in [-0.39, 0.29) is 17.4 Å². The summed E-state index contributed by atoms with van der Waals surface area (Å²) >= 11 is 0. The first kappa shape index (κ1) is 29.7. The van der Waals surface area contributed by atoms with Crippen LogP contribution in [-0.2, 0) is 23.2 Å². The Bertz CT molecular complexity index is 2020. The first-order chi connectivity index (χ1) is 20.6. The predicted molar refractivity (Wildman–Crippen MR) is 160 cm³/mol. The molecule has 5 rings (SSSR count). The van der Waals surface area contributed by atoms with Crippen LogP contribution in [0.25, 0.3) is 29.3 Å². The molecule has 13 heteroatoms. The van der Waals surface area contributed by atoms with Crippen molar-refractivity contribution in [2.45, 2.75) is 26.9 Å². The normalized spacial score (nSPS) is 15.2. The highest BCUT2D eigenvalue weighted by Gasteiger charge is 2.25. The summed E-state index contributed by atoms with van der Waals surface area (Å²) < 4.78 is 64.0. The topological polar surface area (TPSA) is 137 Å². The SMILES string of the molecule is CCN1C(=CC=c2c(=O)oc(=CC=Cc3oc4cc(OC)ccc4[n+]3CC)n2CCS(=O)(=O)O)Oc2cc(OC)ccc21. The third-order valence-electron chi connectivity index (χ3n) is 6.91. The maximum Gasteiger partial charge on any atom is 0.374 e. The average molecular weight is 611 g/mol. The van der Waals surface area contributed by atoms with Gasteiger partial charge in [-0.15, -0.1) is 0 Å². The fourth-order valence-corrected chi connectivity index (χ4v) is 5.25. The van der Waals surface area contributed by atoms with Crippen LogP contribution in [0.2, 0.25) is 0 Å². The number of nitrogens with zero attached hydrogens (tertiary/aromatic N) is 3. The summed E-state index contributed by atoms with van der Waals surface area (Å²) in [6.07, 6.45) is 7.97. The third kappa shape index (κ3) is 6.22. The predicted octanol–water partition coefficient (Wildman–Crippen LogP) is 2.43. The molecule has 0 atom stereocenters. The van der Waals surface area contributed by atoms with Crippen molar-refractivity contribution in [2.24, 2.45) is 0 Å². The van der Waals surface area contributed by atoms with Crippen molar-refractivity contribution >= 4 is 45.1 Å². The second kappa shape index (κ2) is 12.2. The minimum Gasteiger partial charge on any atom is -0.497 e. The summed E-state index contributed by atoms with van der Waals surface area (Å²) in [7, 11) is -1.18. The molecule has 0 spiro atoms. The summed E-state index contributed by atoms with van der Waals surface area (Å²) in [6, 6.07) is 11.0. The second-order valence-corrected chi connectivity index (χ2v) is 11.0. The van der Waals surface area contributed by atoms with E-state index >= 15 is 0 Å². The number of aryl methyl sites for hydroxylation is 1. The van der Waals surface area contributed by atoms with Crippen LogP contribution in [0.4, 0.5) is 5.69 Å². The number of hydrogen-bond acceptors (Lipinski definition) is 9. The van der Waals surface area contributed by atoms with Crippen LogP contribution in [0, 0.1) is 0 Å². The Kier molecular flexibility index (Phi) is 8.46. The van der Waals surface area contributed by atoms with Crippen LogP contribution in [0.15, 0.2) is 68.1 Å². The second-order valence-electron chi connectivity index (χ2n) is 9.45. The molecule has 0 unspecified atom stereocenters. The molecule has 2 aromatic heterocycles. The molecule has 3 heterocycles. The molecule has 0 aliphatic carbocycles. The van der Waals surface area contributed by atoms with Crippen LogP contribution in [-0.4, -0.2) is 44.1 Å². The van der Waals surface area contributed by atoms with Crippen molar-refractivity contribution in [1.82, 2.24) is 4.57 Å². The molecule has 0 saturated carbocycles. The Morgan fingerprint density at radius 3 is 2.44 bits per heavy atom. The zero-order chi connectivity index (χ0) is 30.7. The maximum atomic E-state index is 12.9. The van der Waals surface area contributed by atoms with Gasteiger partial charge in [-0.25, -0.2) is 4.79 Å². The molecular formula is C30H32N3O9S+. The van der Waals surface area contributed by atoms with E-state index in [1.165, 1.54) is 16.7 Å². The van der Waals surface area contributed by atoms with Crippen molar-refractivity contribution in [3.63, 3.8) is 0 Å². The van der Waals surface area contributed by atoms with Gasteiger partial charge in [0, 0.05) is 37.4 Å². The van der Waals surface area contributed by atoms with Crippen molar-refractivity contribution in [1.29, 1.82) is 0 Å². The van der Waals surface area contributed by atoms with Gasteiger partial charge in [-0.2, -0.15) is 13.0 Å². The van der Waals surface area contributed by atoms with Crippen LogP contribution in [0.1, 0.15) is 19.7 Å². The number of rotatable bonds is 10. The van der Waals surface area contributed by atoms with Gasteiger partial charge in [0.05, 0.1) is 31.7 Å². The first-order valence-electron chi connectivity index (χ1n) is 13.5. The Balaban J connectivity index is 1.55. The van der Waals surface area contributed by atoms with Crippen molar-refractivity contribution in [3.8, 4) is 17.2 Å². The highest BCUT2D eigenvalue weighted by atomic mass is 32.2. The zero-order valence-electron chi connectivity index (χ0n) is 24.1. The summed E-state index contributed by atoms with van der Waals surface area (Å²) in [5.74, 6) is 2.29. The average Bonchev–Trinajstić information content (AvgIpc) is 3.62. The molecule has 0 saturated heterocycles. The van der Waals surface area contributed by atoms with Crippen LogP contribution in [0.3, 0.4) is 0 Å². The summed E-state index contributed by atoms with van der Waals surface area (Å²) in [4.78, 5) is 14.9. The standard InChI is InChI=1S/C30H31N3O9S/c1-5-31-22-12-10-20(38-3)18-25(22)40-27(31)8-7-9-28-33(16-17-43(35,36)37)24(30(34)42-28)14-15-29-32(6-2)23-13-11-21(39-4)19-26(23)41-29/h7-15,18-19H,5-6,16-17H2,1-4H3/p+1. The van der Waals surface area contributed by atoms with Gasteiger partial charge in [-0.3, -0.25) is 4.55 Å². The lowest BCUT2D eigenvalue weighted by molar-refractivity contribution is -0.674. The lowest BCUT2D eigenvalue weighted by atomic mass is 10.2. The fourth-order valence-electron chi connectivity index (χ4n) is 4.84. The van der Waals surface area contributed by atoms with Gasteiger partial charge < -0.3 is 32.5 Å². The molecule has 0 fully saturated rings. The Morgan fingerprint density at radius 1 is 1.00 bits per heavy atom. The van der Waals surface area contributed by atoms with Gasteiger partial charge >= 0.3 is 11.5 Å². The van der Waals surface area contributed by atoms with E-state index in [2.05, 4.69) is 0 Å². The molecule has 1 aliphatic heterocycles. The Morgan fingerprint density at radius 2 is 1.74 bits per heavy atom. The summed E-state index contributed by atoms with van der Waals surface area (Å²) in [5, 5.41) is 0.0726. The first-order valence-corrected chi connectivity index (χ1v) is 15.2. The molecule has 12 nitrogen and oxygen atoms in total. The van der Waals surface area contributed by atoms with Gasteiger partial charge in [0.15, 0.2) is 5.75 Å². The number of hydrogen-bond donors (Lipinski definition) is 1.